The second-order valence-electron chi connectivity index (χ2n) is 4.31. The van der Waals surface area contributed by atoms with Crippen LogP contribution < -0.4 is 16.8 Å². The number of fused-ring (bicyclic) bond motifs is 1. The van der Waals surface area contributed by atoms with Crippen LogP contribution in [-0.4, -0.2) is 20.7 Å². The molecule has 0 aliphatic rings. The van der Waals surface area contributed by atoms with E-state index in [2.05, 4.69) is 10.1 Å². The predicted octanol–water partition coefficient (Wildman–Crippen LogP) is 0.505. The number of rotatable bonds is 3. The van der Waals surface area contributed by atoms with Gasteiger partial charge in [-0.1, -0.05) is 18.2 Å². The van der Waals surface area contributed by atoms with Crippen LogP contribution in [0.1, 0.15) is 15.5 Å². The fourth-order valence-corrected chi connectivity index (χ4v) is 2.65. The molecule has 8 heteroatoms. The Morgan fingerprint density at radius 2 is 2.19 bits per heavy atom. The van der Waals surface area contributed by atoms with Crippen molar-refractivity contribution in [3.63, 3.8) is 0 Å². The molecule has 0 atom stereocenters. The molecule has 0 saturated carbocycles. The summed E-state index contributed by atoms with van der Waals surface area (Å²) < 4.78 is 1.32. The number of nitrogens with zero attached hydrogens (tertiary/aromatic N) is 3. The van der Waals surface area contributed by atoms with Gasteiger partial charge in [0.15, 0.2) is 5.01 Å². The number of benzene rings is 1. The van der Waals surface area contributed by atoms with E-state index >= 15 is 0 Å². The summed E-state index contributed by atoms with van der Waals surface area (Å²) in [5.41, 5.74) is 2.42. The molecule has 0 aliphatic carbocycles. The van der Waals surface area contributed by atoms with Crippen LogP contribution in [0.15, 0.2) is 40.6 Å². The van der Waals surface area contributed by atoms with Gasteiger partial charge in [0.2, 0.25) is 0 Å². The van der Waals surface area contributed by atoms with Crippen LogP contribution in [0.5, 0.6) is 0 Å². The van der Waals surface area contributed by atoms with Gasteiger partial charge in [-0.3, -0.25) is 15.0 Å². The Labute approximate surface area is 123 Å². The third-order valence-electron chi connectivity index (χ3n) is 2.95. The van der Waals surface area contributed by atoms with Gasteiger partial charge in [0, 0.05) is 10.8 Å². The zero-order chi connectivity index (χ0) is 14.8. The number of carbonyl (C=O) groups is 1. The molecule has 1 aromatic carbocycles. The van der Waals surface area contributed by atoms with E-state index in [9.17, 15) is 9.59 Å². The number of nitrogens with one attached hydrogen (secondary N) is 1. The van der Waals surface area contributed by atoms with Gasteiger partial charge in [0.05, 0.1) is 23.8 Å². The van der Waals surface area contributed by atoms with Crippen molar-refractivity contribution < 1.29 is 4.79 Å². The summed E-state index contributed by atoms with van der Waals surface area (Å²) in [6.45, 7) is 0.206. The van der Waals surface area contributed by atoms with E-state index in [0.717, 1.165) is 16.7 Å². The molecule has 21 heavy (non-hydrogen) atoms. The molecule has 0 bridgehead atoms. The number of nitrogen functional groups attached to an aromatic ring is 1. The molecule has 3 rings (SSSR count). The smallest absolute Gasteiger partial charge is 0.288 e. The summed E-state index contributed by atoms with van der Waals surface area (Å²) in [4.78, 5) is 27.8. The van der Waals surface area contributed by atoms with Gasteiger partial charge in [-0.2, -0.15) is 5.10 Å². The van der Waals surface area contributed by atoms with Gasteiger partial charge < -0.3 is 0 Å². The number of nitrogens with two attached hydrogens (primary N) is 1. The van der Waals surface area contributed by atoms with Crippen molar-refractivity contribution in [3.05, 3.63) is 56.9 Å². The quantitative estimate of drug-likeness (QED) is 0.417. The van der Waals surface area contributed by atoms with E-state index in [1.165, 1.54) is 4.68 Å². The molecule has 3 aromatic rings. The van der Waals surface area contributed by atoms with Crippen LogP contribution >= 0.6 is 11.3 Å². The Kier molecular flexibility index (Phi) is 3.46. The lowest BCUT2D eigenvalue weighted by Crippen LogP contribution is -2.30. The second-order valence-corrected chi connectivity index (χ2v) is 5.17. The molecule has 2 heterocycles. The van der Waals surface area contributed by atoms with Gasteiger partial charge in [0.25, 0.3) is 11.5 Å². The Hall–Kier alpha value is -2.58. The first-order chi connectivity index (χ1) is 10.2. The van der Waals surface area contributed by atoms with Crippen LogP contribution in [0.4, 0.5) is 0 Å². The summed E-state index contributed by atoms with van der Waals surface area (Å²) in [6.07, 6.45) is 1.64. The van der Waals surface area contributed by atoms with Crippen LogP contribution in [0.25, 0.3) is 10.8 Å². The third-order valence-corrected chi connectivity index (χ3v) is 3.84. The molecule has 0 unspecified atom stereocenters. The van der Waals surface area contributed by atoms with E-state index in [1.807, 2.05) is 17.6 Å². The standard InChI is InChI=1S/C13H11N5O2S/c14-17-11(19)12-16-9(7-21-12)6-18-13(20)10-4-2-1-3-8(10)5-15-18/h1-5,7H,6,14H2,(H,17,19). The number of aromatic nitrogens is 3. The maximum absolute atomic E-state index is 12.3. The maximum atomic E-state index is 12.3. The monoisotopic (exact) mass is 301 g/mol. The second kappa shape index (κ2) is 5.43. The van der Waals surface area contributed by atoms with Gasteiger partial charge in [-0.05, 0) is 6.07 Å². The highest BCUT2D eigenvalue weighted by molar-refractivity contribution is 7.11. The van der Waals surface area contributed by atoms with Gasteiger partial charge in [-0.15, -0.1) is 11.3 Å². The van der Waals surface area contributed by atoms with E-state index in [1.54, 1.807) is 23.7 Å². The first-order valence-corrected chi connectivity index (χ1v) is 6.97. The molecule has 1 amide bonds. The lowest BCUT2D eigenvalue weighted by Gasteiger charge is -2.03. The summed E-state index contributed by atoms with van der Waals surface area (Å²) in [6, 6.07) is 7.25. The molecule has 0 fully saturated rings. The number of hydrazine groups is 1. The normalized spacial score (nSPS) is 10.7. The fraction of sp³-hybridized carbons (Fsp3) is 0.0769. The lowest BCUT2D eigenvalue weighted by atomic mass is 10.2. The van der Waals surface area contributed by atoms with E-state index in [0.29, 0.717) is 11.1 Å². The molecule has 106 valence electrons. The molecule has 0 spiro atoms. The Morgan fingerprint density at radius 1 is 1.38 bits per heavy atom. The molecule has 0 aliphatic heterocycles. The maximum Gasteiger partial charge on any atom is 0.294 e. The highest BCUT2D eigenvalue weighted by Crippen LogP contribution is 2.11. The zero-order valence-corrected chi connectivity index (χ0v) is 11.6. The van der Waals surface area contributed by atoms with Crippen molar-refractivity contribution in [2.45, 2.75) is 6.54 Å². The van der Waals surface area contributed by atoms with E-state index in [4.69, 9.17) is 5.84 Å². The molecule has 7 nitrogen and oxygen atoms in total. The summed E-state index contributed by atoms with van der Waals surface area (Å²) in [7, 11) is 0. The van der Waals surface area contributed by atoms with Crippen LogP contribution in [0.3, 0.4) is 0 Å². The zero-order valence-electron chi connectivity index (χ0n) is 10.8. The number of thiazole rings is 1. The predicted molar refractivity (Wildman–Crippen MR) is 78.9 cm³/mol. The number of amides is 1. The number of hydrogen-bond donors (Lipinski definition) is 2. The van der Waals surface area contributed by atoms with Crippen molar-refractivity contribution >= 4 is 28.0 Å². The van der Waals surface area contributed by atoms with Crippen molar-refractivity contribution in [3.8, 4) is 0 Å². The minimum absolute atomic E-state index is 0.189. The Morgan fingerprint density at radius 3 is 3.00 bits per heavy atom. The lowest BCUT2D eigenvalue weighted by molar-refractivity contribution is 0.0953. The first-order valence-electron chi connectivity index (χ1n) is 6.09. The Balaban J connectivity index is 1.95. The summed E-state index contributed by atoms with van der Waals surface area (Å²) >= 11 is 1.16. The van der Waals surface area contributed by atoms with Gasteiger partial charge in [-0.25, -0.2) is 15.5 Å². The highest BCUT2D eigenvalue weighted by atomic mass is 32.1. The number of hydrogen-bond acceptors (Lipinski definition) is 6. The fourth-order valence-electron chi connectivity index (χ4n) is 1.94. The van der Waals surface area contributed by atoms with E-state index < -0.39 is 5.91 Å². The van der Waals surface area contributed by atoms with Crippen molar-refractivity contribution in [2.24, 2.45) is 5.84 Å². The first kappa shape index (κ1) is 13.4. The summed E-state index contributed by atoms with van der Waals surface area (Å²) in [5.74, 6) is 4.60. The topological polar surface area (TPSA) is 103 Å². The molecular formula is C13H11N5O2S. The minimum atomic E-state index is -0.454. The van der Waals surface area contributed by atoms with Crippen molar-refractivity contribution in [1.82, 2.24) is 20.2 Å². The van der Waals surface area contributed by atoms with Crippen molar-refractivity contribution in [1.29, 1.82) is 0 Å². The highest BCUT2D eigenvalue weighted by Gasteiger charge is 2.11. The van der Waals surface area contributed by atoms with Gasteiger partial charge in [0.1, 0.15) is 0 Å². The van der Waals surface area contributed by atoms with Crippen molar-refractivity contribution in [2.75, 3.05) is 0 Å². The average Bonchev–Trinajstić information content (AvgIpc) is 2.98. The Bertz CT molecular complexity index is 870. The molecule has 0 saturated heterocycles. The van der Waals surface area contributed by atoms with Crippen LogP contribution in [0.2, 0.25) is 0 Å². The average molecular weight is 301 g/mol. The molecular weight excluding hydrogens is 290 g/mol. The number of carbonyl (C=O) groups excluding carboxylic acids is 1. The molecule has 3 N–H and O–H groups in total. The van der Waals surface area contributed by atoms with Crippen LogP contribution in [-0.2, 0) is 6.54 Å². The summed E-state index contributed by atoms with van der Waals surface area (Å²) in [5, 5.41) is 7.46. The SMILES string of the molecule is NNC(=O)c1nc(Cn2ncc3ccccc3c2=O)cs1. The largest absolute Gasteiger partial charge is 0.294 e. The molecule has 2 aromatic heterocycles. The minimum Gasteiger partial charge on any atom is -0.288 e. The van der Waals surface area contributed by atoms with Gasteiger partial charge >= 0.3 is 0 Å². The van der Waals surface area contributed by atoms with E-state index in [-0.39, 0.29) is 17.1 Å². The molecule has 0 radical (unpaired) electrons. The van der Waals surface area contributed by atoms with Crippen LogP contribution in [0, 0.1) is 0 Å². The third kappa shape index (κ3) is 2.54.